The molecule has 0 aliphatic carbocycles. The molecule has 0 spiro atoms. The molecule has 1 saturated heterocycles. The maximum Gasteiger partial charge on any atom is 0.322 e. The minimum absolute atomic E-state index is 0.336. The van der Waals surface area contributed by atoms with Crippen molar-refractivity contribution in [2.75, 3.05) is 33.9 Å². The average molecular weight is 244 g/mol. The second-order valence-corrected chi connectivity index (χ2v) is 4.67. The highest BCUT2D eigenvalue weighted by Gasteiger charge is 2.18. The largest absolute Gasteiger partial charge is 0.468 e. The first kappa shape index (κ1) is 14.4. The molecule has 0 amide bonds. The summed E-state index contributed by atoms with van der Waals surface area (Å²) in [4.78, 5) is 13.3. The van der Waals surface area contributed by atoms with Crippen molar-refractivity contribution in [3.05, 3.63) is 0 Å². The van der Waals surface area contributed by atoms with Gasteiger partial charge in [-0.1, -0.05) is 0 Å². The van der Waals surface area contributed by atoms with Crippen LogP contribution in [0.2, 0.25) is 0 Å². The highest BCUT2D eigenvalue weighted by atomic mass is 16.5. The summed E-state index contributed by atoms with van der Waals surface area (Å²) >= 11 is 0. The molecule has 0 aromatic rings. The lowest BCUT2D eigenvalue weighted by molar-refractivity contribution is -0.142. The number of carbonyl (C=O) groups is 1. The van der Waals surface area contributed by atoms with Gasteiger partial charge >= 0.3 is 5.97 Å². The first-order valence-electron chi connectivity index (χ1n) is 6.27. The van der Waals surface area contributed by atoms with Crippen molar-refractivity contribution in [3.63, 3.8) is 0 Å². The number of nitrogens with zero attached hydrogens (tertiary/aromatic N) is 1. The summed E-state index contributed by atoms with van der Waals surface area (Å²) < 4.78 is 10.2. The van der Waals surface area contributed by atoms with Crippen LogP contribution in [0.1, 0.15) is 25.7 Å². The van der Waals surface area contributed by atoms with E-state index in [0.29, 0.717) is 12.5 Å². The van der Waals surface area contributed by atoms with Gasteiger partial charge in [-0.15, -0.1) is 0 Å². The van der Waals surface area contributed by atoms with Crippen LogP contribution >= 0.6 is 0 Å². The van der Waals surface area contributed by atoms with Crippen LogP contribution in [0.4, 0.5) is 0 Å². The van der Waals surface area contributed by atoms with Gasteiger partial charge in [0.05, 0.1) is 13.2 Å². The van der Waals surface area contributed by atoms with Crippen molar-refractivity contribution in [2.45, 2.75) is 37.8 Å². The molecule has 5 heteroatoms. The van der Waals surface area contributed by atoms with E-state index in [0.717, 1.165) is 26.1 Å². The summed E-state index contributed by atoms with van der Waals surface area (Å²) in [6.07, 6.45) is 4.51. The Morgan fingerprint density at radius 3 is 2.94 bits per heavy atom. The lowest BCUT2D eigenvalue weighted by Gasteiger charge is -2.27. The van der Waals surface area contributed by atoms with Gasteiger partial charge in [-0.05, 0) is 39.3 Å². The van der Waals surface area contributed by atoms with E-state index in [-0.39, 0.29) is 5.97 Å². The monoisotopic (exact) mass is 244 g/mol. The van der Waals surface area contributed by atoms with Crippen LogP contribution in [0, 0.1) is 0 Å². The van der Waals surface area contributed by atoms with Crippen molar-refractivity contribution in [1.82, 2.24) is 4.90 Å². The van der Waals surface area contributed by atoms with Gasteiger partial charge in [0.1, 0.15) is 6.04 Å². The summed E-state index contributed by atoms with van der Waals surface area (Å²) in [5, 5.41) is 0. The predicted octanol–water partition coefficient (Wildman–Crippen LogP) is 0.378. The topological polar surface area (TPSA) is 64.8 Å². The second kappa shape index (κ2) is 7.63. The van der Waals surface area contributed by atoms with Crippen LogP contribution in [0.3, 0.4) is 0 Å². The van der Waals surface area contributed by atoms with Crippen LogP contribution in [0.15, 0.2) is 0 Å². The van der Waals surface area contributed by atoms with Gasteiger partial charge in [0.15, 0.2) is 0 Å². The minimum Gasteiger partial charge on any atom is -0.468 e. The number of rotatable bonds is 6. The summed E-state index contributed by atoms with van der Waals surface area (Å²) in [5.41, 5.74) is 5.68. The third-order valence-corrected chi connectivity index (χ3v) is 3.12. The lowest BCUT2D eigenvalue weighted by Crippen LogP contribution is -2.38. The van der Waals surface area contributed by atoms with Gasteiger partial charge in [-0.25, -0.2) is 0 Å². The fraction of sp³-hybridized carbons (Fsp3) is 0.917. The number of carbonyl (C=O) groups excluding carboxylic acids is 1. The zero-order chi connectivity index (χ0) is 12.7. The van der Waals surface area contributed by atoms with E-state index >= 15 is 0 Å². The molecule has 1 heterocycles. The number of hydrogen-bond donors (Lipinski definition) is 1. The highest BCUT2D eigenvalue weighted by Crippen LogP contribution is 2.13. The number of methoxy groups -OCH3 is 1. The quantitative estimate of drug-likeness (QED) is 0.684. The van der Waals surface area contributed by atoms with Gasteiger partial charge in [0, 0.05) is 13.2 Å². The zero-order valence-electron chi connectivity index (χ0n) is 10.9. The standard InChI is InChI=1S/C12H24N2O3/c1-14(7-6-11(13)12(15)16-2)9-10-5-3-4-8-17-10/h10-11H,3-9,13H2,1-2H3. The van der Waals surface area contributed by atoms with Crippen LogP contribution < -0.4 is 5.73 Å². The lowest BCUT2D eigenvalue weighted by atomic mass is 10.1. The smallest absolute Gasteiger partial charge is 0.322 e. The Labute approximate surface area is 103 Å². The number of nitrogens with two attached hydrogens (primary N) is 1. The molecule has 0 aromatic carbocycles. The van der Waals surface area contributed by atoms with Gasteiger partial charge in [-0.2, -0.15) is 0 Å². The Bertz CT molecular complexity index is 230. The van der Waals surface area contributed by atoms with Gasteiger partial charge in [-0.3, -0.25) is 4.79 Å². The Hall–Kier alpha value is -0.650. The first-order valence-corrected chi connectivity index (χ1v) is 6.27. The van der Waals surface area contributed by atoms with Gasteiger partial charge in [0.25, 0.3) is 0 Å². The normalized spacial score (nSPS) is 22.5. The second-order valence-electron chi connectivity index (χ2n) is 4.67. The maximum absolute atomic E-state index is 11.1. The van der Waals surface area contributed by atoms with Crippen LogP contribution in [0.5, 0.6) is 0 Å². The summed E-state index contributed by atoms with van der Waals surface area (Å²) in [5.74, 6) is -0.340. The molecule has 1 fully saturated rings. The van der Waals surface area contributed by atoms with Gasteiger partial charge < -0.3 is 20.1 Å². The molecule has 1 rings (SSSR count). The number of likely N-dealkylation sites (N-methyl/N-ethyl adjacent to an activating group) is 1. The first-order chi connectivity index (χ1) is 8.13. The van der Waals surface area contributed by atoms with Crippen molar-refractivity contribution < 1.29 is 14.3 Å². The molecule has 2 N–H and O–H groups in total. The van der Waals surface area contributed by atoms with Crippen molar-refractivity contribution in [3.8, 4) is 0 Å². The molecule has 2 unspecified atom stereocenters. The van der Waals surface area contributed by atoms with E-state index in [1.165, 1.54) is 20.0 Å². The van der Waals surface area contributed by atoms with Gasteiger partial charge in [0.2, 0.25) is 0 Å². The average Bonchev–Trinajstić information content (AvgIpc) is 2.36. The molecule has 100 valence electrons. The number of ether oxygens (including phenoxy) is 2. The number of esters is 1. The molecule has 17 heavy (non-hydrogen) atoms. The van der Waals surface area contributed by atoms with Crippen molar-refractivity contribution in [1.29, 1.82) is 0 Å². The third-order valence-electron chi connectivity index (χ3n) is 3.12. The van der Waals surface area contributed by atoms with Crippen LogP contribution in [0.25, 0.3) is 0 Å². The molecule has 1 aliphatic heterocycles. The Morgan fingerprint density at radius 1 is 1.59 bits per heavy atom. The van der Waals surface area contributed by atoms with E-state index < -0.39 is 6.04 Å². The van der Waals surface area contributed by atoms with E-state index in [4.69, 9.17) is 10.5 Å². The molecule has 2 atom stereocenters. The number of hydrogen-bond acceptors (Lipinski definition) is 5. The summed E-state index contributed by atoms with van der Waals surface area (Å²) in [7, 11) is 3.39. The van der Waals surface area contributed by atoms with Crippen LogP contribution in [-0.2, 0) is 14.3 Å². The summed E-state index contributed by atoms with van der Waals surface area (Å²) in [6, 6.07) is -0.519. The summed E-state index contributed by atoms with van der Waals surface area (Å²) in [6.45, 7) is 2.57. The van der Waals surface area contributed by atoms with Crippen molar-refractivity contribution in [2.24, 2.45) is 5.73 Å². The molecule has 5 nitrogen and oxygen atoms in total. The third kappa shape index (κ3) is 5.48. The Kier molecular flexibility index (Phi) is 6.47. The fourth-order valence-corrected chi connectivity index (χ4v) is 2.02. The van der Waals surface area contributed by atoms with E-state index in [2.05, 4.69) is 9.64 Å². The predicted molar refractivity (Wildman–Crippen MR) is 65.7 cm³/mol. The Balaban J connectivity index is 2.15. The molecule has 0 bridgehead atoms. The molecule has 0 radical (unpaired) electrons. The SMILES string of the molecule is COC(=O)C(N)CCN(C)CC1CCCCO1. The Morgan fingerprint density at radius 2 is 2.35 bits per heavy atom. The van der Waals surface area contributed by atoms with Crippen LogP contribution in [-0.4, -0.2) is 56.9 Å². The highest BCUT2D eigenvalue weighted by molar-refractivity contribution is 5.75. The fourth-order valence-electron chi connectivity index (χ4n) is 2.02. The van der Waals surface area contributed by atoms with E-state index in [9.17, 15) is 4.79 Å². The zero-order valence-corrected chi connectivity index (χ0v) is 10.9. The molecular weight excluding hydrogens is 220 g/mol. The van der Waals surface area contributed by atoms with E-state index in [1.807, 2.05) is 7.05 Å². The van der Waals surface area contributed by atoms with E-state index in [1.54, 1.807) is 0 Å². The molecule has 1 aliphatic rings. The van der Waals surface area contributed by atoms with Crippen molar-refractivity contribution >= 4 is 5.97 Å². The maximum atomic E-state index is 11.1. The molecular formula is C12H24N2O3. The minimum atomic E-state index is -0.519. The molecule has 0 aromatic heterocycles. The molecule has 0 saturated carbocycles.